The van der Waals surface area contributed by atoms with Crippen molar-refractivity contribution in [1.29, 1.82) is 0 Å². The van der Waals surface area contributed by atoms with Crippen molar-refractivity contribution in [3.8, 4) is 0 Å². The lowest BCUT2D eigenvalue weighted by Crippen LogP contribution is -2.33. The molecule has 0 aliphatic rings. The summed E-state index contributed by atoms with van der Waals surface area (Å²) in [6.45, 7) is 1.95. The summed E-state index contributed by atoms with van der Waals surface area (Å²) in [7, 11) is 0. The van der Waals surface area contributed by atoms with Gasteiger partial charge in [-0.1, -0.05) is 18.2 Å². The van der Waals surface area contributed by atoms with Crippen molar-refractivity contribution < 1.29 is 13.2 Å². The average molecular weight is 325 g/mol. The summed E-state index contributed by atoms with van der Waals surface area (Å²) in [5.41, 5.74) is 6.69. The van der Waals surface area contributed by atoms with Crippen molar-refractivity contribution in [1.82, 2.24) is 5.43 Å². The molecule has 0 radical (unpaired) electrons. The van der Waals surface area contributed by atoms with E-state index in [0.29, 0.717) is 0 Å². The van der Waals surface area contributed by atoms with Gasteiger partial charge in [0.15, 0.2) is 5.11 Å². The number of hydrazine groups is 1. The van der Waals surface area contributed by atoms with Gasteiger partial charge in [-0.05, 0) is 55.0 Å². The predicted molar refractivity (Wildman–Crippen MR) is 85.6 cm³/mol. The maximum Gasteiger partial charge on any atom is 0.416 e. The van der Waals surface area contributed by atoms with Gasteiger partial charge in [-0.25, -0.2) is 0 Å². The lowest BCUT2D eigenvalue weighted by atomic mass is 10.2. The molecule has 7 heteroatoms. The summed E-state index contributed by atoms with van der Waals surface area (Å²) < 4.78 is 37.8. The number of benzene rings is 2. The highest BCUT2D eigenvalue weighted by atomic mass is 32.1. The number of aryl methyl sites for hydroxylation is 1. The molecule has 0 heterocycles. The van der Waals surface area contributed by atoms with Crippen molar-refractivity contribution >= 4 is 28.7 Å². The zero-order valence-corrected chi connectivity index (χ0v) is 12.5. The number of hydrogen-bond acceptors (Lipinski definition) is 2. The number of nitrogens with one attached hydrogen (secondary N) is 3. The molecule has 116 valence electrons. The molecule has 0 bridgehead atoms. The molecule has 2 aromatic carbocycles. The average Bonchev–Trinajstić information content (AvgIpc) is 2.45. The van der Waals surface area contributed by atoms with Gasteiger partial charge in [0.25, 0.3) is 0 Å². The van der Waals surface area contributed by atoms with Crippen LogP contribution in [0.2, 0.25) is 0 Å². The van der Waals surface area contributed by atoms with E-state index in [1.54, 1.807) is 0 Å². The number of alkyl halides is 3. The molecule has 0 aliphatic heterocycles. The molecule has 0 atom stereocenters. The predicted octanol–water partition coefficient (Wildman–Crippen LogP) is 4.33. The molecule has 0 spiro atoms. The molecule has 3 nitrogen and oxygen atoms in total. The molecule has 0 aliphatic carbocycles. The lowest BCUT2D eigenvalue weighted by molar-refractivity contribution is -0.137. The minimum atomic E-state index is -4.38. The Kier molecular flexibility index (Phi) is 4.87. The minimum Gasteiger partial charge on any atom is -0.331 e. The molecule has 2 aromatic rings. The second-order valence-electron chi connectivity index (χ2n) is 4.65. The van der Waals surface area contributed by atoms with Gasteiger partial charge in [-0.15, -0.1) is 0 Å². The Hall–Kier alpha value is -2.28. The minimum absolute atomic E-state index is 0.253. The summed E-state index contributed by atoms with van der Waals surface area (Å²) in [5.74, 6) is 0. The van der Waals surface area contributed by atoms with Gasteiger partial charge in [0, 0.05) is 5.69 Å². The quantitative estimate of drug-likeness (QED) is 0.580. The molecule has 3 N–H and O–H groups in total. The van der Waals surface area contributed by atoms with Crippen molar-refractivity contribution in [2.45, 2.75) is 13.1 Å². The van der Waals surface area contributed by atoms with Gasteiger partial charge < -0.3 is 5.32 Å². The van der Waals surface area contributed by atoms with Gasteiger partial charge in [0.05, 0.1) is 11.3 Å². The van der Waals surface area contributed by atoms with Crippen molar-refractivity contribution in [3.05, 3.63) is 59.7 Å². The normalized spacial score (nSPS) is 10.9. The van der Waals surface area contributed by atoms with Crippen LogP contribution < -0.4 is 16.2 Å². The van der Waals surface area contributed by atoms with E-state index < -0.39 is 11.7 Å². The fraction of sp³-hybridized carbons (Fsp3) is 0.133. The maximum atomic E-state index is 12.6. The summed E-state index contributed by atoms with van der Waals surface area (Å²) in [6.07, 6.45) is -4.38. The van der Waals surface area contributed by atoms with Gasteiger partial charge in [-0.3, -0.25) is 10.9 Å². The summed E-state index contributed by atoms with van der Waals surface area (Å²) in [4.78, 5) is 0. The van der Waals surface area contributed by atoms with Crippen molar-refractivity contribution in [2.75, 3.05) is 10.7 Å². The Morgan fingerprint density at radius 1 is 1.00 bits per heavy atom. The third-order valence-corrected chi connectivity index (χ3v) is 2.99. The Morgan fingerprint density at radius 2 is 1.68 bits per heavy atom. The highest BCUT2D eigenvalue weighted by Crippen LogP contribution is 2.30. The Labute approximate surface area is 131 Å². The van der Waals surface area contributed by atoms with Crippen LogP contribution in [-0.2, 0) is 6.18 Å². The number of thiocarbonyl (C=S) groups is 1. The van der Waals surface area contributed by atoms with Crippen LogP contribution in [0.15, 0.2) is 48.5 Å². The van der Waals surface area contributed by atoms with Crippen molar-refractivity contribution in [2.24, 2.45) is 0 Å². The highest BCUT2D eigenvalue weighted by molar-refractivity contribution is 7.80. The summed E-state index contributed by atoms with van der Waals surface area (Å²) in [6, 6.07) is 12.4. The first kappa shape index (κ1) is 16.1. The first-order valence-electron chi connectivity index (χ1n) is 6.41. The molecule has 0 amide bonds. The topological polar surface area (TPSA) is 36.1 Å². The smallest absolute Gasteiger partial charge is 0.331 e. The third-order valence-electron chi connectivity index (χ3n) is 2.79. The van der Waals surface area contributed by atoms with Gasteiger partial charge >= 0.3 is 6.18 Å². The van der Waals surface area contributed by atoms with Crippen LogP contribution in [0.5, 0.6) is 0 Å². The Morgan fingerprint density at radius 3 is 2.36 bits per heavy atom. The summed E-state index contributed by atoms with van der Waals surface area (Å²) >= 11 is 5.08. The first-order valence-corrected chi connectivity index (χ1v) is 6.82. The van der Waals surface area contributed by atoms with Crippen LogP contribution >= 0.6 is 12.2 Å². The highest BCUT2D eigenvalue weighted by Gasteiger charge is 2.30. The standard InChI is InChI=1S/C15H14F3N3S/c1-10-4-2-6-12(8-10)19-14(22)21-20-13-7-3-5-11(9-13)15(16,17)18/h2-9,20H,1H3,(H2,19,21,22). The van der Waals surface area contributed by atoms with Gasteiger partial charge in [0.1, 0.15) is 0 Å². The van der Waals surface area contributed by atoms with E-state index in [1.807, 2.05) is 31.2 Å². The molecule has 0 saturated carbocycles. The maximum absolute atomic E-state index is 12.6. The van der Waals surface area contributed by atoms with Crippen LogP contribution in [0.1, 0.15) is 11.1 Å². The fourth-order valence-corrected chi connectivity index (χ4v) is 1.96. The van der Waals surface area contributed by atoms with Gasteiger partial charge in [-0.2, -0.15) is 13.2 Å². The Bertz CT molecular complexity index is 671. The second-order valence-corrected chi connectivity index (χ2v) is 5.06. The molecule has 22 heavy (non-hydrogen) atoms. The van der Waals surface area contributed by atoms with Gasteiger partial charge in [0.2, 0.25) is 0 Å². The molecule has 0 unspecified atom stereocenters. The Balaban J connectivity index is 1.94. The van der Waals surface area contributed by atoms with E-state index in [-0.39, 0.29) is 10.8 Å². The number of anilines is 2. The lowest BCUT2D eigenvalue weighted by Gasteiger charge is -2.14. The molecular formula is C15H14F3N3S. The number of rotatable bonds is 3. The third kappa shape index (κ3) is 4.63. The van der Waals surface area contributed by atoms with E-state index in [2.05, 4.69) is 16.2 Å². The zero-order chi connectivity index (χ0) is 16.2. The van der Waals surface area contributed by atoms with Crippen LogP contribution in [0.4, 0.5) is 24.5 Å². The SMILES string of the molecule is Cc1cccc(NC(=S)NNc2cccc(C(F)(F)F)c2)c1. The van der Waals surface area contributed by atoms with E-state index in [1.165, 1.54) is 12.1 Å². The molecule has 0 saturated heterocycles. The zero-order valence-electron chi connectivity index (χ0n) is 11.7. The van der Waals surface area contributed by atoms with Crippen LogP contribution in [0, 0.1) is 6.92 Å². The molecule has 0 fully saturated rings. The first-order chi connectivity index (χ1) is 10.3. The van der Waals surface area contributed by atoms with E-state index in [0.717, 1.165) is 23.4 Å². The number of halogens is 3. The molecule has 2 rings (SSSR count). The fourth-order valence-electron chi connectivity index (χ4n) is 1.79. The number of hydrogen-bond donors (Lipinski definition) is 3. The van der Waals surface area contributed by atoms with Crippen LogP contribution in [0.25, 0.3) is 0 Å². The molecular weight excluding hydrogens is 311 g/mol. The van der Waals surface area contributed by atoms with E-state index in [9.17, 15) is 13.2 Å². The van der Waals surface area contributed by atoms with E-state index in [4.69, 9.17) is 12.2 Å². The molecule has 0 aromatic heterocycles. The summed E-state index contributed by atoms with van der Waals surface area (Å²) in [5, 5.41) is 3.19. The largest absolute Gasteiger partial charge is 0.416 e. The van der Waals surface area contributed by atoms with Crippen LogP contribution in [-0.4, -0.2) is 5.11 Å². The van der Waals surface area contributed by atoms with Crippen LogP contribution in [0.3, 0.4) is 0 Å². The van der Waals surface area contributed by atoms with E-state index >= 15 is 0 Å². The monoisotopic (exact) mass is 325 g/mol. The van der Waals surface area contributed by atoms with Crippen molar-refractivity contribution in [3.63, 3.8) is 0 Å². The second kappa shape index (κ2) is 6.65.